The molecule has 2 aliphatic rings. The molecular formula is C23H35N5O3. The number of hydrogen-bond acceptors (Lipinski definition) is 6. The Balaban J connectivity index is 1.38. The van der Waals surface area contributed by atoms with Gasteiger partial charge in [0.05, 0.1) is 23.8 Å². The topological polar surface area (TPSA) is 92.1 Å². The van der Waals surface area contributed by atoms with Crippen LogP contribution in [0.15, 0.2) is 24.3 Å². The Morgan fingerprint density at radius 3 is 2.26 bits per heavy atom. The number of ether oxygens (including phenoxy) is 1. The van der Waals surface area contributed by atoms with E-state index < -0.39 is 11.6 Å². The molecule has 1 aromatic rings. The van der Waals surface area contributed by atoms with E-state index in [-0.39, 0.29) is 12.2 Å². The summed E-state index contributed by atoms with van der Waals surface area (Å²) in [5.41, 5.74) is 1.32. The first-order valence-electron chi connectivity index (χ1n) is 11.1. The van der Waals surface area contributed by atoms with Crippen LogP contribution >= 0.6 is 0 Å². The van der Waals surface area contributed by atoms with E-state index in [4.69, 9.17) is 10.00 Å². The van der Waals surface area contributed by atoms with Gasteiger partial charge in [-0.1, -0.05) is 0 Å². The zero-order valence-electron chi connectivity index (χ0n) is 18.9. The number of anilines is 1. The minimum atomic E-state index is -0.859. The van der Waals surface area contributed by atoms with E-state index in [0.29, 0.717) is 12.1 Å². The zero-order chi connectivity index (χ0) is 22.4. The van der Waals surface area contributed by atoms with Crippen molar-refractivity contribution in [3.05, 3.63) is 29.8 Å². The summed E-state index contributed by atoms with van der Waals surface area (Å²) in [5, 5.41) is 21.8. The summed E-state index contributed by atoms with van der Waals surface area (Å²) in [4.78, 5) is 17.9. The Morgan fingerprint density at radius 1 is 1.16 bits per heavy atom. The van der Waals surface area contributed by atoms with Crippen molar-refractivity contribution in [2.45, 2.75) is 44.9 Å². The number of benzene rings is 1. The lowest BCUT2D eigenvalue weighted by Gasteiger charge is -2.46. The summed E-state index contributed by atoms with van der Waals surface area (Å²) in [7, 11) is 0. The number of rotatable bonds is 8. The molecule has 0 aliphatic carbocycles. The average Bonchev–Trinajstić information content (AvgIpc) is 2.70. The largest absolute Gasteiger partial charge is 0.465 e. The first-order valence-corrected chi connectivity index (χ1v) is 11.1. The third kappa shape index (κ3) is 6.82. The Hall–Kier alpha value is -2.34. The number of carboxylic acid groups (broad SMARTS) is 1. The average molecular weight is 430 g/mol. The zero-order valence-corrected chi connectivity index (χ0v) is 18.9. The highest BCUT2D eigenvalue weighted by atomic mass is 16.5. The normalized spacial score (nSPS) is 22.0. The Bertz CT molecular complexity index is 757. The molecule has 2 aliphatic heterocycles. The van der Waals surface area contributed by atoms with Crippen molar-refractivity contribution in [1.29, 1.82) is 5.26 Å². The van der Waals surface area contributed by atoms with E-state index in [1.807, 2.05) is 45.0 Å². The van der Waals surface area contributed by atoms with Crippen molar-refractivity contribution in [2.24, 2.45) is 0 Å². The van der Waals surface area contributed by atoms with Gasteiger partial charge in [-0.25, -0.2) is 4.79 Å². The molecule has 8 heteroatoms. The second kappa shape index (κ2) is 10.3. The molecule has 2 unspecified atom stereocenters. The van der Waals surface area contributed by atoms with Gasteiger partial charge in [0.15, 0.2) is 0 Å². The van der Waals surface area contributed by atoms with E-state index in [9.17, 15) is 9.90 Å². The van der Waals surface area contributed by atoms with Crippen molar-refractivity contribution in [3.63, 3.8) is 0 Å². The van der Waals surface area contributed by atoms with E-state index in [2.05, 4.69) is 21.2 Å². The van der Waals surface area contributed by atoms with Crippen molar-refractivity contribution >= 4 is 11.8 Å². The predicted octanol–water partition coefficient (Wildman–Crippen LogP) is 2.52. The van der Waals surface area contributed by atoms with Crippen molar-refractivity contribution in [1.82, 2.24) is 14.7 Å². The second-order valence-electron chi connectivity index (χ2n) is 9.47. The van der Waals surface area contributed by atoms with Crippen LogP contribution in [0.1, 0.15) is 32.8 Å². The molecule has 3 rings (SSSR count). The maximum absolute atomic E-state index is 11.6. The quantitative estimate of drug-likeness (QED) is 0.614. The molecule has 2 saturated heterocycles. The smallest absolute Gasteiger partial charge is 0.407 e. The molecule has 31 heavy (non-hydrogen) atoms. The van der Waals surface area contributed by atoms with Gasteiger partial charge in [0.1, 0.15) is 0 Å². The van der Waals surface area contributed by atoms with Gasteiger partial charge in [-0.05, 0) is 51.5 Å². The van der Waals surface area contributed by atoms with E-state index >= 15 is 0 Å². The van der Waals surface area contributed by atoms with Gasteiger partial charge in [0, 0.05) is 63.6 Å². The summed E-state index contributed by atoms with van der Waals surface area (Å²) in [6, 6.07) is 9.67. The third-order valence-corrected chi connectivity index (χ3v) is 5.91. The van der Waals surface area contributed by atoms with Gasteiger partial charge in [-0.3, -0.25) is 9.80 Å². The lowest BCUT2D eigenvalue weighted by molar-refractivity contribution is -0.139. The van der Waals surface area contributed by atoms with Crippen LogP contribution in [0.25, 0.3) is 0 Å². The number of morpholine rings is 2. The Kier molecular flexibility index (Phi) is 7.76. The number of nitriles is 1. The molecule has 170 valence electrons. The van der Waals surface area contributed by atoms with Gasteiger partial charge >= 0.3 is 6.09 Å². The molecule has 0 spiro atoms. The van der Waals surface area contributed by atoms with Crippen molar-refractivity contribution in [3.8, 4) is 6.07 Å². The first kappa shape index (κ1) is 23.3. The molecule has 1 amide bonds. The molecule has 2 heterocycles. The summed E-state index contributed by atoms with van der Waals surface area (Å²) in [6.07, 6.45) is 0.558. The van der Waals surface area contributed by atoms with Crippen molar-refractivity contribution < 1.29 is 14.6 Å². The lowest BCUT2D eigenvalue weighted by Crippen LogP contribution is -2.60. The number of amides is 1. The highest BCUT2D eigenvalue weighted by molar-refractivity contribution is 5.66. The van der Waals surface area contributed by atoms with Crippen LogP contribution in [0.2, 0.25) is 0 Å². The number of nitrogens with zero attached hydrogens (tertiary/aromatic N) is 4. The Labute approximate surface area is 185 Å². The third-order valence-electron chi connectivity index (χ3n) is 5.91. The Morgan fingerprint density at radius 2 is 1.74 bits per heavy atom. The van der Waals surface area contributed by atoms with Gasteiger partial charge in [-0.2, -0.15) is 5.26 Å². The van der Waals surface area contributed by atoms with E-state index in [1.54, 1.807) is 0 Å². The van der Waals surface area contributed by atoms with E-state index in [1.165, 1.54) is 4.90 Å². The van der Waals surface area contributed by atoms with Crippen LogP contribution in [0, 0.1) is 11.3 Å². The van der Waals surface area contributed by atoms with Crippen molar-refractivity contribution in [2.75, 3.05) is 57.7 Å². The fourth-order valence-electron chi connectivity index (χ4n) is 4.38. The summed E-state index contributed by atoms with van der Waals surface area (Å²) in [6.45, 7) is 12.5. The molecule has 0 radical (unpaired) electrons. The first-order chi connectivity index (χ1) is 14.7. The highest BCUT2D eigenvalue weighted by Crippen LogP contribution is 2.20. The molecule has 8 nitrogen and oxygen atoms in total. The molecule has 2 N–H and O–H groups in total. The number of carbonyl (C=O) groups is 1. The maximum Gasteiger partial charge on any atom is 0.407 e. The molecule has 2 fully saturated rings. The minimum absolute atomic E-state index is 0.187. The molecule has 1 aromatic carbocycles. The predicted molar refractivity (Wildman–Crippen MR) is 120 cm³/mol. The summed E-state index contributed by atoms with van der Waals surface area (Å²) >= 11 is 0. The summed E-state index contributed by atoms with van der Waals surface area (Å²) < 4.78 is 6.15. The fourth-order valence-corrected chi connectivity index (χ4v) is 4.38. The van der Waals surface area contributed by atoms with Crippen LogP contribution in [-0.4, -0.2) is 96.0 Å². The lowest BCUT2D eigenvalue weighted by atomic mass is 10.1. The van der Waals surface area contributed by atoms with Crippen LogP contribution in [0.4, 0.5) is 10.5 Å². The minimum Gasteiger partial charge on any atom is -0.465 e. The monoisotopic (exact) mass is 429 g/mol. The molecular weight excluding hydrogens is 394 g/mol. The number of nitrogens with one attached hydrogen (secondary N) is 1. The highest BCUT2D eigenvalue weighted by Gasteiger charge is 2.35. The number of fused-ring (bicyclic) bond motifs is 2. The summed E-state index contributed by atoms with van der Waals surface area (Å²) in [5.74, 6) is 0. The van der Waals surface area contributed by atoms with Gasteiger partial charge in [0.2, 0.25) is 0 Å². The van der Waals surface area contributed by atoms with E-state index in [0.717, 1.165) is 57.9 Å². The van der Waals surface area contributed by atoms with Crippen LogP contribution in [-0.2, 0) is 4.74 Å². The number of hydrogen-bond donors (Lipinski definition) is 2. The standard InChI is InChI=1S/C23H35N5O3/c1-23(2,3)28(22(29)30)12-11-27-16-20-14-26(15-21(17-27)31-20)10-4-9-25-19-7-5-18(13-24)6-8-19/h5-8,20-21,25H,4,9-12,14-17H2,1-3H3,(H,29,30). The fraction of sp³-hybridized carbons (Fsp3) is 0.652. The van der Waals surface area contributed by atoms with Gasteiger partial charge in [0.25, 0.3) is 0 Å². The van der Waals surface area contributed by atoms with Crippen LogP contribution < -0.4 is 5.32 Å². The van der Waals surface area contributed by atoms with Crippen LogP contribution in [0.5, 0.6) is 0 Å². The van der Waals surface area contributed by atoms with Gasteiger partial charge in [-0.15, -0.1) is 0 Å². The molecule has 0 aromatic heterocycles. The molecule has 2 atom stereocenters. The molecule has 2 bridgehead atoms. The molecule has 0 saturated carbocycles. The van der Waals surface area contributed by atoms with Crippen LogP contribution in [0.3, 0.4) is 0 Å². The SMILES string of the molecule is CC(C)(C)N(CCN1CC2CN(CCCNc3ccc(C#N)cc3)CC(C1)O2)C(=O)O. The maximum atomic E-state index is 11.6. The second-order valence-corrected chi connectivity index (χ2v) is 9.47. The van der Waals surface area contributed by atoms with Gasteiger partial charge < -0.3 is 20.1 Å².